The largest absolute Gasteiger partial charge is 0.491 e. The molecule has 20 heavy (non-hydrogen) atoms. The minimum atomic E-state index is -0.470. The van der Waals surface area contributed by atoms with Crippen molar-refractivity contribution in [3.8, 4) is 5.75 Å². The molecule has 3 nitrogen and oxygen atoms in total. The van der Waals surface area contributed by atoms with E-state index in [1.165, 1.54) is 25.7 Å². The van der Waals surface area contributed by atoms with Crippen LogP contribution in [0.25, 0.3) is 0 Å². The van der Waals surface area contributed by atoms with Crippen LogP contribution in [-0.2, 0) is 0 Å². The van der Waals surface area contributed by atoms with Crippen molar-refractivity contribution >= 4 is 15.9 Å². The van der Waals surface area contributed by atoms with Crippen molar-refractivity contribution in [1.29, 1.82) is 0 Å². The second-order valence-corrected chi connectivity index (χ2v) is 6.58. The van der Waals surface area contributed by atoms with Crippen LogP contribution < -0.4 is 10.1 Å². The molecule has 1 unspecified atom stereocenters. The maximum Gasteiger partial charge on any atom is 0.119 e. The van der Waals surface area contributed by atoms with Crippen molar-refractivity contribution in [2.75, 3.05) is 13.2 Å². The smallest absolute Gasteiger partial charge is 0.119 e. The van der Waals surface area contributed by atoms with E-state index in [-0.39, 0.29) is 0 Å². The highest BCUT2D eigenvalue weighted by Crippen LogP contribution is 2.27. The molecule has 0 radical (unpaired) electrons. The van der Waals surface area contributed by atoms with E-state index in [1.54, 1.807) is 0 Å². The second-order valence-electron chi connectivity index (χ2n) is 5.66. The summed E-state index contributed by atoms with van der Waals surface area (Å²) in [5, 5.41) is 13.4. The molecule has 1 aliphatic rings. The molecule has 1 aromatic rings. The van der Waals surface area contributed by atoms with Gasteiger partial charge in [-0.2, -0.15) is 0 Å². The molecule has 0 heterocycles. The van der Waals surface area contributed by atoms with Crippen LogP contribution in [0.5, 0.6) is 5.75 Å². The Morgan fingerprint density at radius 1 is 1.30 bits per heavy atom. The number of halogens is 1. The van der Waals surface area contributed by atoms with Gasteiger partial charge >= 0.3 is 0 Å². The first-order chi connectivity index (χ1) is 9.65. The molecule has 1 aromatic carbocycles. The predicted molar refractivity (Wildman–Crippen MR) is 85.1 cm³/mol. The standard InChI is InChI=1S/C16H24BrNO2/c1-12(13-4-2-3-5-13)18-10-15(19)11-20-16-8-6-14(17)7-9-16/h6-9,12-13,15,18-19H,2-5,10-11H2,1H3/t12-,15?/m1/s1. The van der Waals surface area contributed by atoms with E-state index >= 15 is 0 Å². The summed E-state index contributed by atoms with van der Waals surface area (Å²) in [5.74, 6) is 1.56. The molecule has 112 valence electrons. The average Bonchev–Trinajstić information content (AvgIpc) is 2.98. The van der Waals surface area contributed by atoms with Gasteiger partial charge in [0.05, 0.1) is 0 Å². The van der Waals surface area contributed by atoms with Gasteiger partial charge in [0, 0.05) is 17.1 Å². The zero-order chi connectivity index (χ0) is 14.4. The zero-order valence-corrected chi connectivity index (χ0v) is 13.6. The number of aliphatic hydroxyl groups is 1. The number of aliphatic hydroxyl groups excluding tert-OH is 1. The third-order valence-electron chi connectivity index (χ3n) is 4.04. The van der Waals surface area contributed by atoms with Crippen LogP contribution in [0.3, 0.4) is 0 Å². The number of rotatable bonds is 7. The normalized spacial score (nSPS) is 18.9. The molecular formula is C16H24BrNO2. The predicted octanol–water partition coefficient (Wildman–Crippen LogP) is 3.36. The van der Waals surface area contributed by atoms with Gasteiger partial charge in [0.25, 0.3) is 0 Å². The molecular weight excluding hydrogens is 318 g/mol. The quantitative estimate of drug-likeness (QED) is 0.798. The van der Waals surface area contributed by atoms with Crippen LogP contribution >= 0.6 is 15.9 Å². The number of hydrogen-bond donors (Lipinski definition) is 2. The van der Waals surface area contributed by atoms with E-state index < -0.39 is 6.10 Å². The van der Waals surface area contributed by atoms with Gasteiger partial charge in [-0.1, -0.05) is 28.8 Å². The molecule has 0 saturated heterocycles. The molecule has 1 fully saturated rings. The third-order valence-corrected chi connectivity index (χ3v) is 4.57. The van der Waals surface area contributed by atoms with Crippen LogP contribution in [0.4, 0.5) is 0 Å². The lowest BCUT2D eigenvalue weighted by atomic mass is 10.00. The molecule has 2 N–H and O–H groups in total. The highest BCUT2D eigenvalue weighted by atomic mass is 79.9. The summed E-state index contributed by atoms with van der Waals surface area (Å²) in [4.78, 5) is 0. The molecule has 4 heteroatoms. The van der Waals surface area contributed by atoms with Crippen molar-refractivity contribution in [2.45, 2.75) is 44.8 Å². The van der Waals surface area contributed by atoms with E-state index in [0.29, 0.717) is 19.2 Å². The lowest BCUT2D eigenvalue weighted by molar-refractivity contribution is 0.102. The Hall–Kier alpha value is -0.580. The molecule has 1 aliphatic carbocycles. The van der Waals surface area contributed by atoms with Gasteiger partial charge in [-0.15, -0.1) is 0 Å². The Morgan fingerprint density at radius 3 is 2.60 bits per heavy atom. The summed E-state index contributed by atoms with van der Waals surface area (Å²) in [6.07, 6.45) is 4.87. The average molecular weight is 342 g/mol. The molecule has 0 spiro atoms. The summed E-state index contributed by atoms with van der Waals surface area (Å²) >= 11 is 3.38. The number of ether oxygens (including phenoxy) is 1. The minimum absolute atomic E-state index is 0.325. The van der Waals surface area contributed by atoms with Crippen molar-refractivity contribution in [3.63, 3.8) is 0 Å². The summed E-state index contributed by atoms with van der Waals surface area (Å²) in [5.41, 5.74) is 0. The number of hydrogen-bond acceptors (Lipinski definition) is 3. The van der Waals surface area contributed by atoms with Gasteiger partial charge < -0.3 is 15.2 Å². The Bertz CT molecular complexity index is 390. The lowest BCUT2D eigenvalue weighted by Gasteiger charge is -2.22. The maximum absolute atomic E-state index is 9.96. The second kappa shape index (κ2) is 8.01. The van der Waals surface area contributed by atoms with Gasteiger partial charge in [0.2, 0.25) is 0 Å². The van der Waals surface area contributed by atoms with Crippen LogP contribution in [-0.4, -0.2) is 30.4 Å². The third kappa shape index (κ3) is 5.08. The Kier molecular flexibility index (Phi) is 6.33. The maximum atomic E-state index is 9.96. The van der Waals surface area contributed by atoms with E-state index in [9.17, 15) is 5.11 Å². The number of benzene rings is 1. The van der Waals surface area contributed by atoms with Crippen molar-refractivity contribution in [3.05, 3.63) is 28.7 Å². The fourth-order valence-corrected chi connectivity index (χ4v) is 2.99. The Labute approximate surface area is 129 Å². The molecule has 0 aromatic heterocycles. The van der Waals surface area contributed by atoms with Gasteiger partial charge in [0.1, 0.15) is 18.5 Å². The minimum Gasteiger partial charge on any atom is -0.491 e. The van der Waals surface area contributed by atoms with Crippen molar-refractivity contribution in [1.82, 2.24) is 5.32 Å². The summed E-state index contributed by atoms with van der Waals surface area (Å²) in [6, 6.07) is 8.14. The molecule has 0 bridgehead atoms. The highest BCUT2D eigenvalue weighted by molar-refractivity contribution is 9.10. The highest BCUT2D eigenvalue weighted by Gasteiger charge is 2.21. The molecule has 0 aliphatic heterocycles. The first-order valence-electron chi connectivity index (χ1n) is 7.45. The van der Waals surface area contributed by atoms with E-state index in [1.807, 2.05) is 24.3 Å². The van der Waals surface area contributed by atoms with Crippen LogP contribution in [0.15, 0.2) is 28.7 Å². The monoisotopic (exact) mass is 341 g/mol. The van der Waals surface area contributed by atoms with Crippen LogP contribution in [0.2, 0.25) is 0 Å². The summed E-state index contributed by atoms with van der Waals surface area (Å²) in [6.45, 7) is 3.14. The zero-order valence-electron chi connectivity index (χ0n) is 12.0. The fraction of sp³-hybridized carbons (Fsp3) is 0.625. The van der Waals surface area contributed by atoms with Gasteiger partial charge in [-0.25, -0.2) is 0 Å². The van der Waals surface area contributed by atoms with Gasteiger partial charge in [-0.3, -0.25) is 0 Å². The van der Waals surface area contributed by atoms with E-state index in [2.05, 4.69) is 28.2 Å². The number of nitrogens with one attached hydrogen (secondary N) is 1. The SMILES string of the molecule is C[C@@H](NCC(O)COc1ccc(Br)cc1)C1CCCC1. The van der Waals surface area contributed by atoms with E-state index in [4.69, 9.17) is 4.74 Å². The Morgan fingerprint density at radius 2 is 1.95 bits per heavy atom. The molecule has 1 saturated carbocycles. The topological polar surface area (TPSA) is 41.5 Å². The van der Waals surface area contributed by atoms with E-state index in [0.717, 1.165) is 16.1 Å². The van der Waals surface area contributed by atoms with Crippen molar-refractivity contribution in [2.24, 2.45) is 5.92 Å². The summed E-state index contributed by atoms with van der Waals surface area (Å²) < 4.78 is 6.60. The molecule has 2 atom stereocenters. The van der Waals surface area contributed by atoms with Gasteiger partial charge in [0.15, 0.2) is 0 Å². The van der Waals surface area contributed by atoms with Gasteiger partial charge in [-0.05, 0) is 49.9 Å². The van der Waals surface area contributed by atoms with Crippen LogP contribution in [0, 0.1) is 5.92 Å². The summed E-state index contributed by atoms with van der Waals surface area (Å²) in [7, 11) is 0. The molecule has 2 rings (SSSR count). The lowest BCUT2D eigenvalue weighted by Crippen LogP contribution is -2.39. The Balaban J connectivity index is 1.64. The fourth-order valence-electron chi connectivity index (χ4n) is 2.73. The molecule has 0 amide bonds. The van der Waals surface area contributed by atoms with Crippen molar-refractivity contribution < 1.29 is 9.84 Å². The first-order valence-corrected chi connectivity index (χ1v) is 8.24. The van der Waals surface area contributed by atoms with Crippen LogP contribution in [0.1, 0.15) is 32.6 Å². The first kappa shape index (κ1) is 15.8.